The van der Waals surface area contributed by atoms with Crippen molar-refractivity contribution in [2.24, 2.45) is 5.41 Å². The van der Waals surface area contributed by atoms with Crippen LogP contribution in [0.15, 0.2) is 18.2 Å². The highest BCUT2D eigenvalue weighted by Crippen LogP contribution is 2.41. The number of hydrogen-bond donors (Lipinski definition) is 0. The van der Waals surface area contributed by atoms with E-state index in [1.54, 1.807) is 6.92 Å². The molecule has 0 aliphatic heterocycles. The third-order valence-electron chi connectivity index (χ3n) is 5.57. The lowest BCUT2D eigenvalue weighted by atomic mass is 9.78. The summed E-state index contributed by atoms with van der Waals surface area (Å²) in [4.78, 5) is 12.1. The van der Waals surface area contributed by atoms with E-state index in [1.807, 2.05) is 16.6 Å². The molecule has 0 aromatic carbocycles. The van der Waals surface area contributed by atoms with Crippen molar-refractivity contribution in [1.29, 1.82) is 0 Å². The Hall–Kier alpha value is -1.71. The molecule has 1 atom stereocenters. The second kappa shape index (κ2) is 8.12. The Balaban J connectivity index is 1.72. The first kappa shape index (κ1) is 20.0. The van der Waals surface area contributed by atoms with Crippen molar-refractivity contribution in [3.05, 3.63) is 35.2 Å². The smallest absolute Gasteiger partial charge is 0.139 e. The van der Waals surface area contributed by atoms with Gasteiger partial charge in [0.05, 0.1) is 16.9 Å². The highest BCUT2D eigenvalue weighted by atomic mass is 19.1. The monoisotopic (exact) mass is 372 g/mol. The number of halogens is 1. The topological polar surface area (TPSA) is 34.4 Å². The van der Waals surface area contributed by atoms with Crippen LogP contribution >= 0.6 is 0 Å². The molecule has 1 fully saturated rings. The SMILES string of the molecule is CC(F)c1cccc2c(C3CCC3)c(CCCCC(=O)CC(C)(C)C)nn12. The molecule has 0 radical (unpaired) electrons. The maximum absolute atomic E-state index is 14.0. The molecule has 0 bridgehead atoms. The number of rotatable bonds is 8. The number of alkyl halides is 1. The molecule has 148 valence electrons. The van der Waals surface area contributed by atoms with Crippen LogP contribution in [0, 0.1) is 5.41 Å². The Labute approximate surface area is 162 Å². The molecular weight excluding hydrogens is 339 g/mol. The van der Waals surface area contributed by atoms with Gasteiger partial charge < -0.3 is 0 Å². The van der Waals surface area contributed by atoms with E-state index < -0.39 is 6.17 Å². The zero-order valence-corrected chi connectivity index (χ0v) is 17.2. The van der Waals surface area contributed by atoms with Gasteiger partial charge in [0.25, 0.3) is 0 Å². The van der Waals surface area contributed by atoms with Gasteiger partial charge in [-0.1, -0.05) is 33.3 Å². The van der Waals surface area contributed by atoms with Crippen LogP contribution in [0.3, 0.4) is 0 Å². The Morgan fingerprint density at radius 3 is 2.63 bits per heavy atom. The first-order valence-corrected chi connectivity index (χ1v) is 10.4. The Morgan fingerprint density at radius 2 is 2.04 bits per heavy atom. The molecule has 4 heteroatoms. The van der Waals surface area contributed by atoms with Gasteiger partial charge in [0, 0.05) is 18.4 Å². The largest absolute Gasteiger partial charge is 0.300 e. The van der Waals surface area contributed by atoms with E-state index in [4.69, 9.17) is 5.10 Å². The van der Waals surface area contributed by atoms with Gasteiger partial charge in [0.2, 0.25) is 0 Å². The first-order chi connectivity index (χ1) is 12.8. The van der Waals surface area contributed by atoms with Crippen LogP contribution in [0.5, 0.6) is 0 Å². The fourth-order valence-electron chi connectivity index (χ4n) is 4.08. The van der Waals surface area contributed by atoms with Gasteiger partial charge in [0.15, 0.2) is 0 Å². The van der Waals surface area contributed by atoms with E-state index in [0.29, 0.717) is 30.2 Å². The van der Waals surface area contributed by atoms with Gasteiger partial charge in [-0.15, -0.1) is 0 Å². The molecule has 1 aliphatic carbocycles. The number of Topliss-reactive ketones (excluding diaryl/α,β-unsaturated/α-hetero) is 1. The molecule has 0 N–H and O–H groups in total. The highest BCUT2D eigenvalue weighted by molar-refractivity contribution is 5.78. The van der Waals surface area contributed by atoms with Crippen LogP contribution in [0.1, 0.15) is 102 Å². The van der Waals surface area contributed by atoms with Crippen LogP contribution in [0.4, 0.5) is 4.39 Å². The number of nitrogens with zero attached hydrogens (tertiary/aromatic N) is 2. The second-order valence-electron chi connectivity index (χ2n) is 9.34. The summed E-state index contributed by atoms with van der Waals surface area (Å²) in [5, 5.41) is 4.80. The molecular formula is C23H33FN2O. The lowest BCUT2D eigenvalue weighted by molar-refractivity contribution is -0.120. The Bertz CT molecular complexity index is 797. The zero-order valence-electron chi connectivity index (χ0n) is 17.2. The summed E-state index contributed by atoms with van der Waals surface area (Å²) in [6.45, 7) is 7.89. The normalized spacial score (nSPS) is 16.5. The summed E-state index contributed by atoms with van der Waals surface area (Å²) in [6.07, 6.45) is 6.66. The number of aryl methyl sites for hydroxylation is 1. The minimum absolute atomic E-state index is 0.0650. The van der Waals surface area contributed by atoms with E-state index in [0.717, 1.165) is 30.5 Å². The molecule has 0 spiro atoms. The average molecular weight is 373 g/mol. The third kappa shape index (κ3) is 4.77. The summed E-state index contributed by atoms with van der Waals surface area (Å²) in [7, 11) is 0. The number of unbranched alkanes of at least 4 members (excludes halogenated alkanes) is 1. The van der Waals surface area contributed by atoms with Gasteiger partial charge in [-0.05, 0) is 62.5 Å². The number of fused-ring (bicyclic) bond motifs is 1. The molecule has 3 nitrogen and oxygen atoms in total. The molecule has 2 heterocycles. The Kier molecular flexibility index (Phi) is 6.02. The van der Waals surface area contributed by atoms with Gasteiger partial charge in [0.1, 0.15) is 12.0 Å². The number of hydrogen-bond acceptors (Lipinski definition) is 2. The van der Waals surface area contributed by atoms with Crippen molar-refractivity contribution in [3.8, 4) is 0 Å². The zero-order chi connectivity index (χ0) is 19.6. The lowest BCUT2D eigenvalue weighted by Crippen LogP contribution is -2.13. The number of carbonyl (C=O) groups excluding carboxylic acids is 1. The van der Waals surface area contributed by atoms with E-state index >= 15 is 0 Å². The van der Waals surface area contributed by atoms with Crippen LogP contribution < -0.4 is 0 Å². The third-order valence-corrected chi connectivity index (χ3v) is 5.57. The van der Waals surface area contributed by atoms with E-state index in [2.05, 4.69) is 26.8 Å². The Morgan fingerprint density at radius 1 is 1.30 bits per heavy atom. The fourth-order valence-corrected chi connectivity index (χ4v) is 4.08. The number of pyridine rings is 1. The predicted octanol–water partition coefficient (Wildman–Crippen LogP) is 6.35. The van der Waals surface area contributed by atoms with Crippen molar-refractivity contribution in [1.82, 2.24) is 9.61 Å². The van der Waals surface area contributed by atoms with Crippen molar-refractivity contribution >= 4 is 11.3 Å². The van der Waals surface area contributed by atoms with Gasteiger partial charge >= 0.3 is 0 Å². The molecule has 1 aliphatic rings. The standard InChI is InChI=1S/C23H33FN2O/c1-16(24)20-13-8-14-21-22(17-9-7-10-17)19(25-26(20)21)12-6-5-11-18(27)15-23(2,3)4/h8,13-14,16-17H,5-7,9-12,15H2,1-4H3. The molecule has 2 aromatic heterocycles. The maximum Gasteiger partial charge on any atom is 0.139 e. The lowest BCUT2D eigenvalue weighted by Gasteiger charge is -2.26. The highest BCUT2D eigenvalue weighted by Gasteiger charge is 2.27. The van der Waals surface area contributed by atoms with Crippen molar-refractivity contribution in [3.63, 3.8) is 0 Å². The van der Waals surface area contributed by atoms with Crippen molar-refractivity contribution in [2.75, 3.05) is 0 Å². The first-order valence-electron chi connectivity index (χ1n) is 10.4. The van der Waals surface area contributed by atoms with Gasteiger partial charge in [-0.2, -0.15) is 5.10 Å². The van der Waals surface area contributed by atoms with Crippen molar-refractivity contribution in [2.45, 2.75) is 91.2 Å². The molecule has 0 amide bonds. The second-order valence-corrected chi connectivity index (χ2v) is 9.34. The summed E-state index contributed by atoms with van der Waals surface area (Å²) in [5.41, 5.74) is 4.19. The van der Waals surface area contributed by atoms with Crippen molar-refractivity contribution < 1.29 is 9.18 Å². The fraction of sp³-hybridized carbons (Fsp3) is 0.652. The summed E-state index contributed by atoms with van der Waals surface area (Å²) < 4.78 is 15.9. The van der Waals surface area contributed by atoms with Gasteiger partial charge in [-0.25, -0.2) is 8.91 Å². The van der Waals surface area contributed by atoms with Crippen LogP contribution in [-0.2, 0) is 11.2 Å². The van der Waals surface area contributed by atoms with Crippen LogP contribution in [0.2, 0.25) is 0 Å². The number of aromatic nitrogens is 2. The average Bonchev–Trinajstić information content (AvgIpc) is 2.86. The molecule has 2 aromatic rings. The molecule has 0 saturated heterocycles. The molecule has 3 rings (SSSR count). The quantitative estimate of drug-likeness (QED) is 0.506. The number of ketones is 1. The summed E-state index contributed by atoms with van der Waals surface area (Å²) in [5.74, 6) is 0.912. The molecule has 1 unspecified atom stereocenters. The maximum atomic E-state index is 14.0. The van der Waals surface area contributed by atoms with Gasteiger partial charge in [-0.3, -0.25) is 4.79 Å². The molecule has 27 heavy (non-hydrogen) atoms. The van der Waals surface area contributed by atoms with Crippen LogP contribution in [-0.4, -0.2) is 15.4 Å². The minimum atomic E-state index is -1.04. The van der Waals surface area contributed by atoms with Crippen LogP contribution in [0.25, 0.3) is 5.52 Å². The van der Waals surface area contributed by atoms with E-state index in [1.165, 1.54) is 24.8 Å². The predicted molar refractivity (Wildman–Crippen MR) is 108 cm³/mol. The molecule has 1 saturated carbocycles. The number of carbonyl (C=O) groups is 1. The van der Waals surface area contributed by atoms with E-state index in [-0.39, 0.29) is 5.41 Å². The van der Waals surface area contributed by atoms with E-state index in [9.17, 15) is 9.18 Å². The minimum Gasteiger partial charge on any atom is -0.300 e. The summed E-state index contributed by atoms with van der Waals surface area (Å²) >= 11 is 0. The summed E-state index contributed by atoms with van der Waals surface area (Å²) in [6, 6.07) is 5.84.